The van der Waals surface area contributed by atoms with E-state index in [1.807, 2.05) is 9.80 Å². The number of aromatic nitrogens is 3. The molecule has 0 unspecified atom stereocenters. The van der Waals surface area contributed by atoms with Crippen LogP contribution in [0.25, 0.3) is 0 Å². The van der Waals surface area contributed by atoms with Gasteiger partial charge < -0.3 is 9.80 Å². The van der Waals surface area contributed by atoms with Crippen LogP contribution in [-0.2, 0) is 5.41 Å². The zero-order chi connectivity index (χ0) is 18.3. The number of urea groups is 1. The zero-order valence-corrected chi connectivity index (χ0v) is 15.8. The van der Waals surface area contributed by atoms with Crippen LogP contribution >= 0.6 is 0 Å². The van der Waals surface area contributed by atoms with Gasteiger partial charge in [0.15, 0.2) is 0 Å². The maximum Gasteiger partial charge on any atom is 0.320 e. The third-order valence-electron chi connectivity index (χ3n) is 5.73. The molecule has 1 aromatic carbocycles. The van der Waals surface area contributed by atoms with Crippen molar-refractivity contribution >= 4 is 6.03 Å². The maximum atomic E-state index is 12.7. The lowest BCUT2D eigenvalue weighted by Crippen LogP contribution is -2.53. The molecule has 0 bridgehead atoms. The molecular weight excluding hydrogens is 326 g/mol. The number of nitrogens with one attached hydrogen (secondary N) is 1. The van der Waals surface area contributed by atoms with Crippen molar-refractivity contribution in [3.8, 4) is 0 Å². The van der Waals surface area contributed by atoms with E-state index in [1.54, 1.807) is 6.20 Å². The minimum atomic E-state index is 0.169. The van der Waals surface area contributed by atoms with Crippen LogP contribution in [0.5, 0.6) is 0 Å². The highest BCUT2D eigenvalue weighted by Gasteiger charge is 2.37. The van der Waals surface area contributed by atoms with Crippen LogP contribution < -0.4 is 0 Å². The van der Waals surface area contributed by atoms with Gasteiger partial charge in [-0.05, 0) is 23.0 Å². The van der Waals surface area contributed by atoms with Crippen molar-refractivity contribution in [3.63, 3.8) is 0 Å². The van der Waals surface area contributed by atoms with Crippen molar-refractivity contribution in [2.24, 2.45) is 0 Å². The molecule has 26 heavy (non-hydrogen) atoms. The molecule has 0 radical (unpaired) electrons. The van der Waals surface area contributed by atoms with Gasteiger partial charge in [-0.15, -0.1) is 5.10 Å². The number of likely N-dealkylation sites (tertiary alicyclic amines) is 2. The van der Waals surface area contributed by atoms with Gasteiger partial charge in [0.1, 0.15) is 0 Å². The lowest BCUT2D eigenvalue weighted by Gasteiger charge is -2.41. The summed E-state index contributed by atoms with van der Waals surface area (Å²) in [6.45, 7) is 9.90. The Kier molecular flexibility index (Phi) is 4.21. The number of hydrogen-bond acceptors (Lipinski definition) is 3. The minimum absolute atomic E-state index is 0.169. The van der Waals surface area contributed by atoms with Crippen molar-refractivity contribution in [1.29, 1.82) is 0 Å². The lowest BCUT2D eigenvalue weighted by atomic mass is 9.84. The molecule has 2 fully saturated rings. The van der Waals surface area contributed by atoms with E-state index >= 15 is 0 Å². The van der Waals surface area contributed by atoms with Gasteiger partial charge in [0.05, 0.1) is 11.9 Å². The SMILES string of the molecule is CC(C)(C)c1ccc(C2CN(C(=O)N3CC[C@H](c4cnn[nH]4)C3)C2)cc1. The Morgan fingerprint density at radius 2 is 1.77 bits per heavy atom. The van der Waals surface area contributed by atoms with E-state index < -0.39 is 0 Å². The highest BCUT2D eigenvalue weighted by Crippen LogP contribution is 2.32. The van der Waals surface area contributed by atoms with Gasteiger partial charge in [-0.1, -0.05) is 50.3 Å². The van der Waals surface area contributed by atoms with E-state index in [2.05, 4.69) is 60.4 Å². The molecule has 0 spiro atoms. The second-order valence-electron chi connectivity index (χ2n) is 8.60. The van der Waals surface area contributed by atoms with Crippen LogP contribution in [0, 0.1) is 0 Å². The van der Waals surface area contributed by atoms with Gasteiger partial charge in [0, 0.05) is 38.0 Å². The first-order valence-corrected chi connectivity index (χ1v) is 9.42. The maximum absolute atomic E-state index is 12.7. The summed E-state index contributed by atoms with van der Waals surface area (Å²) in [7, 11) is 0. The van der Waals surface area contributed by atoms with Crippen molar-refractivity contribution in [2.45, 2.75) is 44.4 Å². The average Bonchev–Trinajstić information content (AvgIpc) is 3.24. The number of hydrogen-bond donors (Lipinski definition) is 1. The molecule has 6 heteroatoms. The number of carbonyl (C=O) groups excluding carboxylic acids is 1. The van der Waals surface area contributed by atoms with E-state index in [4.69, 9.17) is 0 Å². The molecule has 1 aromatic heterocycles. The number of rotatable bonds is 2. The first-order valence-electron chi connectivity index (χ1n) is 9.42. The summed E-state index contributed by atoms with van der Waals surface area (Å²) in [6.07, 6.45) is 2.74. The molecule has 2 aromatic rings. The quantitative estimate of drug-likeness (QED) is 0.902. The Labute approximate surface area is 154 Å². The molecule has 3 heterocycles. The minimum Gasteiger partial charge on any atom is -0.324 e. The Morgan fingerprint density at radius 3 is 2.38 bits per heavy atom. The van der Waals surface area contributed by atoms with Gasteiger partial charge in [-0.2, -0.15) is 0 Å². The summed E-state index contributed by atoms with van der Waals surface area (Å²) in [6, 6.07) is 9.07. The predicted molar refractivity (Wildman–Crippen MR) is 100 cm³/mol. The van der Waals surface area contributed by atoms with Gasteiger partial charge in [-0.25, -0.2) is 4.79 Å². The summed E-state index contributed by atoms with van der Waals surface area (Å²) in [5, 5.41) is 10.5. The second-order valence-corrected chi connectivity index (χ2v) is 8.60. The average molecular weight is 353 g/mol. The number of H-pyrrole nitrogens is 1. The number of benzene rings is 1. The van der Waals surface area contributed by atoms with Crippen molar-refractivity contribution in [2.75, 3.05) is 26.2 Å². The van der Waals surface area contributed by atoms with Gasteiger partial charge in [0.2, 0.25) is 0 Å². The number of aromatic amines is 1. The standard InChI is InChI=1S/C20H27N5O/c1-20(2,3)17-6-4-14(5-7-17)16-12-25(13-16)19(26)24-9-8-15(11-24)18-10-21-23-22-18/h4-7,10,15-16H,8-9,11-13H2,1-3H3,(H,21,22,23)/t15-/m0/s1. The first-order chi connectivity index (χ1) is 12.4. The molecule has 2 aliphatic rings. The largest absolute Gasteiger partial charge is 0.324 e. The zero-order valence-electron chi connectivity index (χ0n) is 15.8. The molecule has 0 aliphatic carbocycles. The molecular formula is C20H27N5O. The monoisotopic (exact) mass is 353 g/mol. The summed E-state index contributed by atoms with van der Waals surface area (Å²) in [5.74, 6) is 0.791. The second kappa shape index (κ2) is 6.41. The Morgan fingerprint density at radius 1 is 1.08 bits per heavy atom. The van der Waals surface area contributed by atoms with E-state index in [-0.39, 0.29) is 11.4 Å². The Hall–Kier alpha value is -2.37. The van der Waals surface area contributed by atoms with Gasteiger partial charge in [0.25, 0.3) is 0 Å². The summed E-state index contributed by atoms with van der Waals surface area (Å²) < 4.78 is 0. The summed E-state index contributed by atoms with van der Waals surface area (Å²) >= 11 is 0. The highest BCUT2D eigenvalue weighted by molar-refractivity contribution is 5.76. The fourth-order valence-corrected chi connectivity index (χ4v) is 3.89. The van der Waals surface area contributed by atoms with Crippen LogP contribution in [0.1, 0.15) is 55.8 Å². The fourth-order valence-electron chi connectivity index (χ4n) is 3.89. The van der Waals surface area contributed by atoms with Crippen molar-refractivity contribution < 1.29 is 4.79 Å². The van der Waals surface area contributed by atoms with Crippen LogP contribution in [0.15, 0.2) is 30.5 Å². The lowest BCUT2D eigenvalue weighted by molar-refractivity contribution is 0.121. The molecule has 2 aliphatic heterocycles. The topological polar surface area (TPSA) is 65.1 Å². The molecule has 0 saturated carbocycles. The van der Waals surface area contributed by atoms with Crippen molar-refractivity contribution in [3.05, 3.63) is 47.3 Å². The molecule has 138 valence electrons. The van der Waals surface area contributed by atoms with Gasteiger partial charge in [-0.3, -0.25) is 5.10 Å². The van der Waals surface area contributed by atoms with E-state index in [1.165, 1.54) is 11.1 Å². The third kappa shape index (κ3) is 3.20. The van der Waals surface area contributed by atoms with Crippen LogP contribution in [-0.4, -0.2) is 57.4 Å². The summed E-state index contributed by atoms with van der Waals surface area (Å²) in [5.41, 5.74) is 3.90. The highest BCUT2D eigenvalue weighted by atomic mass is 16.2. The third-order valence-corrected chi connectivity index (χ3v) is 5.73. The Bertz CT molecular complexity index is 756. The molecule has 4 rings (SSSR count). The molecule has 2 amide bonds. The molecule has 6 nitrogen and oxygen atoms in total. The van der Waals surface area contributed by atoms with Crippen LogP contribution in [0.2, 0.25) is 0 Å². The number of carbonyl (C=O) groups is 1. The molecule has 2 saturated heterocycles. The van der Waals surface area contributed by atoms with Crippen LogP contribution in [0.4, 0.5) is 4.79 Å². The molecule has 1 atom stereocenters. The smallest absolute Gasteiger partial charge is 0.320 e. The predicted octanol–water partition coefficient (Wildman–Crippen LogP) is 3.11. The fraction of sp³-hybridized carbons (Fsp3) is 0.550. The number of amides is 2. The van der Waals surface area contributed by atoms with Crippen LogP contribution in [0.3, 0.4) is 0 Å². The van der Waals surface area contributed by atoms with E-state index in [0.717, 1.165) is 38.3 Å². The first kappa shape index (κ1) is 17.1. The normalized spacial score (nSPS) is 21.1. The van der Waals surface area contributed by atoms with E-state index in [9.17, 15) is 4.79 Å². The number of nitrogens with zero attached hydrogens (tertiary/aromatic N) is 4. The molecule has 1 N–H and O–H groups in total. The Balaban J connectivity index is 1.31. The van der Waals surface area contributed by atoms with E-state index in [0.29, 0.717) is 11.8 Å². The van der Waals surface area contributed by atoms with Gasteiger partial charge >= 0.3 is 6.03 Å². The summed E-state index contributed by atoms with van der Waals surface area (Å²) in [4.78, 5) is 16.6. The van der Waals surface area contributed by atoms with Crippen molar-refractivity contribution in [1.82, 2.24) is 25.2 Å².